The van der Waals surface area contributed by atoms with Gasteiger partial charge in [0.25, 0.3) is 0 Å². The van der Waals surface area contributed by atoms with Crippen LogP contribution < -0.4 is 4.74 Å². The number of benzene rings is 1. The van der Waals surface area contributed by atoms with Crippen molar-refractivity contribution < 1.29 is 14.4 Å². The normalized spacial score (nSPS) is 12.7. The molecule has 1 unspecified atom stereocenters. The first kappa shape index (κ1) is 15.5. The minimum atomic E-state index is -0.460. The molecule has 0 spiro atoms. The van der Waals surface area contributed by atoms with Crippen LogP contribution in [0.25, 0.3) is 11.4 Å². The Morgan fingerprint density at radius 1 is 1.33 bits per heavy atom. The molecule has 0 aliphatic heterocycles. The summed E-state index contributed by atoms with van der Waals surface area (Å²) in [5, 5.41) is 13.9. The van der Waals surface area contributed by atoms with E-state index < -0.39 is 6.10 Å². The Morgan fingerprint density at radius 3 is 2.76 bits per heavy atom. The number of aryl methyl sites for hydroxylation is 1. The van der Waals surface area contributed by atoms with Crippen LogP contribution in [-0.2, 0) is 6.42 Å². The molecule has 0 bridgehead atoms. The van der Waals surface area contributed by atoms with Gasteiger partial charge in [-0.15, -0.1) is 0 Å². The van der Waals surface area contributed by atoms with Gasteiger partial charge in [0.2, 0.25) is 11.7 Å². The molecule has 5 nitrogen and oxygen atoms in total. The van der Waals surface area contributed by atoms with Crippen molar-refractivity contribution >= 4 is 0 Å². The van der Waals surface area contributed by atoms with Gasteiger partial charge in [0.15, 0.2) is 0 Å². The maximum absolute atomic E-state index is 9.94. The minimum Gasteiger partial charge on any atom is -0.496 e. The van der Waals surface area contributed by atoms with Crippen molar-refractivity contribution in [2.45, 2.75) is 39.7 Å². The van der Waals surface area contributed by atoms with Crippen molar-refractivity contribution in [3.05, 3.63) is 29.7 Å². The third-order valence-corrected chi connectivity index (χ3v) is 3.22. The fraction of sp³-hybridized carbons (Fsp3) is 0.500. The van der Waals surface area contributed by atoms with Gasteiger partial charge in [-0.3, -0.25) is 0 Å². The van der Waals surface area contributed by atoms with Gasteiger partial charge >= 0.3 is 0 Å². The Morgan fingerprint density at radius 2 is 2.10 bits per heavy atom. The van der Waals surface area contributed by atoms with Gasteiger partial charge in [0, 0.05) is 0 Å². The fourth-order valence-electron chi connectivity index (χ4n) is 2.26. The van der Waals surface area contributed by atoms with Crippen LogP contribution in [-0.4, -0.2) is 28.5 Å². The summed E-state index contributed by atoms with van der Waals surface area (Å²) in [5.41, 5.74) is 1.89. The van der Waals surface area contributed by atoms with Gasteiger partial charge < -0.3 is 14.4 Å². The van der Waals surface area contributed by atoms with Gasteiger partial charge in [-0.2, -0.15) is 4.98 Å². The number of nitrogens with zero attached hydrogens (tertiary/aromatic N) is 2. The molecule has 0 fully saturated rings. The maximum atomic E-state index is 9.94. The zero-order chi connectivity index (χ0) is 15.4. The van der Waals surface area contributed by atoms with Gasteiger partial charge in [-0.1, -0.05) is 25.1 Å². The summed E-state index contributed by atoms with van der Waals surface area (Å²) in [6, 6.07) is 5.81. The third kappa shape index (κ3) is 4.04. The van der Waals surface area contributed by atoms with E-state index >= 15 is 0 Å². The van der Waals surface area contributed by atoms with Crippen molar-refractivity contribution in [2.24, 2.45) is 5.92 Å². The van der Waals surface area contributed by atoms with E-state index in [2.05, 4.69) is 24.0 Å². The van der Waals surface area contributed by atoms with Crippen LogP contribution in [0.4, 0.5) is 0 Å². The Labute approximate surface area is 125 Å². The second-order valence-corrected chi connectivity index (χ2v) is 5.70. The van der Waals surface area contributed by atoms with Gasteiger partial charge in [0.1, 0.15) is 5.75 Å². The predicted octanol–water partition coefficient (Wildman–Crippen LogP) is 3.00. The van der Waals surface area contributed by atoms with E-state index in [-0.39, 0.29) is 0 Å². The van der Waals surface area contributed by atoms with Crippen LogP contribution in [0.5, 0.6) is 5.75 Å². The molecule has 0 aliphatic rings. The third-order valence-electron chi connectivity index (χ3n) is 3.22. The number of hydrogen-bond acceptors (Lipinski definition) is 5. The molecule has 5 heteroatoms. The van der Waals surface area contributed by atoms with E-state index in [1.54, 1.807) is 7.11 Å². The Bertz CT molecular complexity index is 593. The highest BCUT2D eigenvalue weighted by molar-refractivity contribution is 5.64. The van der Waals surface area contributed by atoms with Crippen LogP contribution >= 0.6 is 0 Å². The van der Waals surface area contributed by atoms with E-state index in [0.717, 1.165) is 11.1 Å². The summed E-state index contributed by atoms with van der Waals surface area (Å²) in [5.74, 6) is 2.07. The summed E-state index contributed by atoms with van der Waals surface area (Å²) < 4.78 is 10.6. The molecule has 1 aromatic heterocycles. The molecule has 0 radical (unpaired) electrons. The molecule has 2 rings (SSSR count). The van der Waals surface area contributed by atoms with Crippen molar-refractivity contribution in [1.29, 1.82) is 0 Å². The van der Waals surface area contributed by atoms with Crippen molar-refractivity contribution in [3.8, 4) is 17.1 Å². The van der Waals surface area contributed by atoms with E-state index in [1.165, 1.54) is 0 Å². The average Bonchev–Trinajstić information content (AvgIpc) is 2.85. The number of aliphatic hydroxyl groups excluding tert-OH is 1. The molecule has 0 saturated carbocycles. The van der Waals surface area contributed by atoms with Crippen molar-refractivity contribution in [2.75, 3.05) is 7.11 Å². The van der Waals surface area contributed by atoms with Crippen LogP contribution in [0.15, 0.2) is 22.7 Å². The van der Waals surface area contributed by atoms with E-state index in [1.807, 2.05) is 25.1 Å². The lowest BCUT2D eigenvalue weighted by atomic mass is 10.0. The van der Waals surface area contributed by atoms with E-state index in [4.69, 9.17) is 9.26 Å². The second-order valence-electron chi connectivity index (χ2n) is 5.70. The monoisotopic (exact) mass is 290 g/mol. The number of methoxy groups -OCH3 is 1. The number of hydrogen-bond donors (Lipinski definition) is 1. The molecule has 1 heterocycles. The molecule has 2 aromatic rings. The lowest BCUT2D eigenvalue weighted by molar-refractivity contribution is 0.138. The van der Waals surface area contributed by atoms with Crippen LogP contribution in [0.2, 0.25) is 0 Å². The molecule has 1 atom stereocenters. The first-order valence-electron chi connectivity index (χ1n) is 7.15. The van der Waals surface area contributed by atoms with E-state index in [9.17, 15) is 5.11 Å². The van der Waals surface area contributed by atoms with Crippen LogP contribution in [0.3, 0.4) is 0 Å². The zero-order valence-electron chi connectivity index (χ0n) is 13.0. The standard InChI is InChI=1S/C16H22N2O3/c1-10(2)7-12(19)9-15-17-16(18-21-15)13-6-5-11(3)8-14(13)20-4/h5-6,8,10,12,19H,7,9H2,1-4H3. The minimum absolute atomic E-state index is 0.374. The molecule has 114 valence electrons. The highest BCUT2D eigenvalue weighted by Crippen LogP contribution is 2.28. The van der Waals surface area contributed by atoms with Gasteiger partial charge in [-0.25, -0.2) is 0 Å². The van der Waals surface area contributed by atoms with Crippen LogP contribution in [0.1, 0.15) is 31.7 Å². The summed E-state index contributed by atoms with van der Waals surface area (Å²) in [6.07, 6.45) is 0.628. The molecule has 1 N–H and O–H groups in total. The summed E-state index contributed by atoms with van der Waals surface area (Å²) >= 11 is 0. The summed E-state index contributed by atoms with van der Waals surface area (Å²) in [7, 11) is 1.62. The number of aromatic nitrogens is 2. The van der Waals surface area contributed by atoms with Crippen molar-refractivity contribution in [3.63, 3.8) is 0 Å². The zero-order valence-corrected chi connectivity index (χ0v) is 13.0. The lowest BCUT2D eigenvalue weighted by Crippen LogP contribution is -2.13. The first-order chi connectivity index (χ1) is 9.99. The smallest absolute Gasteiger partial charge is 0.229 e. The number of aliphatic hydroxyl groups is 1. The Kier molecular flexibility index (Phi) is 4.96. The Hall–Kier alpha value is -1.88. The largest absolute Gasteiger partial charge is 0.496 e. The quantitative estimate of drug-likeness (QED) is 0.885. The molecular formula is C16H22N2O3. The van der Waals surface area contributed by atoms with Crippen LogP contribution in [0, 0.1) is 12.8 Å². The second kappa shape index (κ2) is 6.72. The SMILES string of the molecule is COc1cc(C)ccc1-c1noc(CC(O)CC(C)C)n1. The lowest BCUT2D eigenvalue weighted by Gasteiger charge is -2.09. The summed E-state index contributed by atoms with van der Waals surface area (Å²) in [6.45, 7) is 6.13. The van der Waals surface area contributed by atoms with Gasteiger partial charge in [-0.05, 0) is 37.0 Å². The molecule has 21 heavy (non-hydrogen) atoms. The topological polar surface area (TPSA) is 68.4 Å². The molecular weight excluding hydrogens is 268 g/mol. The molecule has 0 saturated heterocycles. The molecule has 1 aromatic carbocycles. The van der Waals surface area contributed by atoms with E-state index in [0.29, 0.717) is 36.2 Å². The average molecular weight is 290 g/mol. The molecule has 0 aliphatic carbocycles. The number of ether oxygens (including phenoxy) is 1. The number of rotatable bonds is 6. The highest BCUT2D eigenvalue weighted by Gasteiger charge is 2.16. The Balaban J connectivity index is 2.16. The highest BCUT2D eigenvalue weighted by atomic mass is 16.5. The first-order valence-corrected chi connectivity index (χ1v) is 7.15. The predicted molar refractivity (Wildman–Crippen MR) is 80.2 cm³/mol. The summed E-state index contributed by atoms with van der Waals surface area (Å²) in [4.78, 5) is 4.35. The fourth-order valence-corrected chi connectivity index (χ4v) is 2.26. The maximum Gasteiger partial charge on any atom is 0.229 e. The van der Waals surface area contributed by atoms with Gasteiger partial charge in [0.05, 0.1) is 25.2 Å². The van der Waals surface area contributed by atoms with Crippen molar-refractivity contribution in [1.82, 2.24) is 10.1 Å². The molecule has 0 amide bonds.